The van der Waals surface area contributed by atoms with E-state index >= 15 is 0 Å². The molecule has 0 saturated carbocycles. The van der Waals surface area contributed by atoms with E-state index in [0.29, 0.717) is 69.5 Å². The molecule has 0 radical (unpaired) electrons. The third-order valence-electron chi connectivity index (χ3n) is 9.89. The van der Waals surface area contributed by atoms with Gasteiger partial charge < -0.3 is 38.9 Å². The number of rotatable bonds is 5. The van der Waals surface area contributed by atoms with Crippen LogP contribution in [0.2, 0.25) is 0 Å². The molecule has 15 heteroatoms. The molecule has 3 aromatic rings. The Hall–Kier alpha value is -5.73. The van der Waals surface area contributed by atoms with Crippen LogP contribution in [0.1, 0.15) is 42.3 Å². The molecule has 2 saturated heterocycles. The van der Waals surface area contributed by atoms with Gasteiger partial charge in [0.25, 0.3) is 11.6 Å². The lowest BCUT2D eigenvalue weighted by Crippen LogP contribution is -2.58. The molecule has 1 atom stereocenters. The number of benzene rings is 3. The van der Waals surface area contributed by atoms with Gasteiger partial charge in [0.1, 0.15) is 23.0 Å². The molecule has 1 N–H and O–H groups in total. The molecule has 2 fully saturated rings. The highest BCUT2D eigenvalue weighted by Gasteiger charge is 2.40. The Balaban J connectivity index is 1.02. The summed E-state index contributed by atoms with van der Waals surface area (Å²) in [5.74, 6) is 0.837. The maximum absolute atomic E-state index is 14.0. The molecule has 0 bridgehead atoms. The first-order chi connectivity index (χ1) is 24.8. The van der Waals surface area contributed by atoms with E-state index in [4.69, 9.17) is 14.2 Å². The second-order valence-electron chi connectivity index (χ2n) is 14.4. The first-order valence-corrected chi connectivity index (χ1v) is 17.4. The van der Waals surface area contributed by atoms with Crippen molar-refractivity contribution in [1.29, 1.82) is 0 Å². The second-order valence-corrected chi connectivity index (χ2v) is 14.4. The van der Waals surface area contributed by atoms with Gasteiger partial charge in [0.15, 0.2) is 11.5 Å². The van der Waals surface area contributed by atoms with Crippen LogP contribution in [0, 0.1) is 10.1 Å². The largest absolute Gasteiger partial charge is 0.508 e. The van der Waals surface area contributed by atoms with E-state index in [1.165, 1.54) is 11.0 Å². The van der Waals surface area contributed by atoms with Crippen LogP contribution >= 0.6 is 0 Å². The lowest BCUT2D eigenvalue weighted by atomic mass is 9.93. The zero-order chi connectivity index (χ0) is 36.7. The van der Waals surface area contributed by atoms with Gasteiger partial charge in [-0.05, 0) is 68.3 Å². The number of hydrogen-bond donors (Lipinski definition) is 1. The Morgan fingerprint density at radius 2 is 1.44 bits per heavy atom. The number of anilines is 2. The van der Waals surface area contributed by atoms with E-state index in [-0.39, 0.29) is 42.7 Å². The fraction of sp³-hybridized carbons (Fsp3) is 0.432. The minimum atomic E-state index is -0.815. The number of carbonyl (C=O) groups is 3. The molecule has 3 aromatic carbocycles. The van der Waals surface area contributed by atoms with Crippen molar-refractivity contribution in [3.63, 3.8) is 0 Å². The van der Waals surface area contributed by atoms with E-state index in [1.807, 2.05) is 23.1 Å². The Morgan fingerprint density at radius 1 is 0.808 bits per heavy atom. The molecule has 3 amide bonds. The van der Waals surface area contributed by atoms with Gasteiger partial charge >= 0.3 is 6.09 Å². The van der Waals surface area contributed by atoms with Gasteiger partial charge in [-0.25, -0.2) is 4.79 Å². The van der Waals surface area contributed by atoms with Crippen LogP contribution in [0.3, 0.4) is 0 Å². The van der Waals surface area contributed by atoms with E-state index in [2.05, 4.69) is 4.90 Å². The zero-order valence-corrected chi connectivity index (χ0v) is 29.4. The average Bonchev–Trinajstić information content (AvgIpc) is 3.61. The van der Waals surface area contributed by atoms with Crippen LogP contribution in [-0.2, 0) is 22.5 Å². The Kier molecular flexibility index (Phi) is 9.19. The summed E-state index contributed by atoms with van der Waals surface area (Å²) in [5, 5.41) is 22.1. The third-order valence-corrected chi connectivity index (χ3v) is 9.89. The van der Waals surface area contributed by atoms with Crippen molar-refractivity contribution in [1.82, 2.24) is 14.7 Å². The maximum Gasteiger partial charge on any atom is 0.411 e. The minimum absolute atomic E-state index is 0.0228. The first-order valence-electron chi connectivity index (χ1n) is 17.4. The van der Waals surface area contributed by atoms with Crippen LogP contribution in [0.4, 0.5) is 21.9 Å². The molecule has 0 aliphatic carbocycles. The average molecular weight is 715 g/mol. The highest BCUT2D eigenvalue weighted by molar-refractivity contribution is 5.99. The van der Waals surface area contributed by atoms with Gasteiger partial charge in [0.05, 0.1) is 11.5 Å². The summed E-state index contributed by atoms with van der Waals surface area (Å²) in [6.45, 7) is 9.08. The summed E-state index contributed by atoms with van der Waals surface area (Å²) in [6, 6.07) is 14.4. The Bertz CT molecular complexity index is 1900. The number of piperazine rings is 2. The van der Waals surface area contributed by atoms with E-state index < -0.39 is 28.6 Å². The van der Waals surface area contributed by atoms with E-state index in [0.717, 1.165) is 16.8 Å². The van der Waals surface area contributed by atoms with Crippen molar-refractivity contribution < 1.29 is 38.6 Å². The number of nitro benzene ring substituents is 1. The fourth-order valence-electron chi connectivity index (χ4n) is 7.17. The SMILES string of the molecule is CC(C)(C)OC(=O)N1Cc2ccc(O)cc2CC1C(=O)N1CCN(c2ccc([N+](=O)[O-])c(C(=O)N3CCN(c4ccc5c(c4)OCO5)CC3)c2)CC1. The quantitative estimate of drug-likeness (QED) is 0.301. The van der Waals surface area contributed by atoms with Crippen LogP contribution in [0.25, 0.3) is 0 Å². The number of carbonyl (C=O) groups excluding carboxylic acids is 3. The van der Waals surface area contributed by atoms with Gasteiger partial charge in [-0.15, -0.1) is 0 Å². The standard InChI is InChI=1S/C37H42N6O9/c1-37(2,3)52-36(47)42-22-24-4-7-28(44)18-25(24)19-31(42)35(46)41-16-12-38(13-17-41)26-5-8-30(43(48)49)29(20-26)34(45)40-14-10-39(11-15-40)27-6-9-32-33(21-27)51-23-50-32/h4-9,18,20-21,31,44H,10-17,19,22-23H2,1-3H3. The number of amides is 3. The fourth-order valence-corrected chi connectivity index (χ4v) is 7.17. The van der Waals surface area contributed by atoms with Crippen molar-refractivity contribution in [3.05, 3.63) is 81.4 Å². The molecular weight excluding hydrogens is 672 g/mol. The number of phenolic OH excluding ortho intramolecular Hbond substituents is 1. The van der Waals surface area contributed by atoms with E-state index in [1.54, 1.807) is 60.9 Å². The van der Waals surface area contributed by atoms with Crippen molar-refractivity contribution in [2.45, 2.75) is 45.4 Å². The van der Waals surface area contributed by atoms with Crippen LogP contribution in [0.15, 0.2) is 54.6 Å². The molecular formula is C37H42N6O9. The van der Waals surface area contributed by atoms with Crippen molar-refractivity contribution >= 4 is 35.0 Å². The summed E-state index contributed by atoms with van der Waals surface area (Å²) in [4.78, 5) is 61.6. The lowest BCUT2D eigenvalue weighted by Gasteiger charge is -2.42. The molecule has 0 spiro atoms. The minimum Gasteiger partial charge on any atom is -0.508 e. The number of fused-ring (bicyclic) bond motifs is 2. The van der Waals surface area contributed by atoms with Gasteiger partial charge in [-0.3, -0.25) is 24.6 Å². The van der Waals surface area contributed by atoms with Gasteiger partial charge in [-0.1, -0.05) is 6.07 Å². The predicted octanol–water partition coefficient (Wildman–Crippen LogP) is 4.00. The molecule has 4 aliphatic rings. The van der Waals surface area contributed by atoms with Crippen LogP contribution in [0.5, 0.6) is 17.2 Å². The van der Waals surface area contributed by atoms with E-state index in [9.17, 15) is 29.6 Å². The van der Waals surface area contributed by atoms with Gasteiger partial charge in [-0.2, -0.15) is 0 Å². The number of ether oxygens (including phenoxy) is 3. The van der Waals surface area contributed by atoms with Crippen molar-refractivity contribution in [2.75, 3.05) is 69.0 Å². The molecule has 4 aliphatic heterocycles. The number of phenols is 1. The normalized spacial score (nSPS) is 18.6. The molecule has 15 nitrogen and oxygen atoms in total. The summed E-state index contributed by atoms with van der Waals surface area (Å²) in [7, 11) is 0. The monoisotopic (exact) mass is 714 g/mol. The van der Waals surface area contributed by atoms with Gasteiger partial charge in [0, 0.05) is 82.3 Å². The number of aromatic hydroxyl groups is 1. The number of nitro groups is 1. The summed E-state index contributed by atoms with van der Waals surface area (Å²) in [5.41, 5.74) is 2.26. The summed E-state index contributed by atoms with van der Waals surface area (Å²) >= 11 is 0. The molecule has 52 heavy (non-hydrogen) atoms. The maximum atomic E-state index is 14.0. The smallest absolute Gasteiger partial charge is 0.411 e. The molecule has 7 rings (SSSR count). The Morgan fingerprint density at radius 3 is 2.12 bits per heavy atom. The van der Waals surface area contributed by atoms with Crippen LogP contribution in [-0.4, -0.2) is 113 Å². The molecule has 274 valence electrons. The second kappa shape index (κ2) is 13.8. The Labute approximate surface area is 301 Å². The summed E-state index contributed by atoms with van der Waals surface area (Å²) < 4.78 is 16.6. The number of hydrogen-bond acceptors (Lipinski definition) is 11. The molecule has 1 unspecified atom stereocenters. The lowest BCUT2D eigenvalue weighted by molar-refractivity contribution is -0.385. The zero-order valence-electron chi connectivity index (χ0n) is 29.4. The first kappa shape index (κ1) is 34.7. The topological polar surface area (TPSA) is 158 Å². The number of nitrogens with zero attached hydrogens (tertiary/aromatic N) is 6. The highest BCUT2D eigenvalue weighted by Crippen LogP contribution is 2.36. The van der Waals surface area contributed by atoms with Crippen molar-refractivity contribution in [3.8, 4) is 17.2 Å². The predicted molar refractivity (Wildman–Crippen MR) is 190 cm³/mol. The highest BCUT2D eigenvalue weighted by atomic mass is 16.7. The van der Waals surface area contributed by atoms with Gasteiger partial charge in [0.2, 0.25) is 12.7 Å². The molecule has 4 heterocycles. The van der Waals surface area contributed by atoms with Crippen molar-refractivity contribution in [2.24, 2.45) is 0 Å². The van der Waals surface area contributed by atoms with Crippen LogP contribution < -0.4 is 19.3 Å². The third kappa shape index (κ3) is 7.07. The molecule has 0 aromatic heterocycles. The summed E-state index contributed by atoms with van der Waals surface area (Å²) in [6.07, 6.45) is -0.346.